The van der Waals surface area contributed by atoms with Crippen molar-refractivity contribution in [2.24, 2.45) is 5.92 Å². The minimum Gasteiger partial charge on any atom is -0.344 e. The number of nitrogens with one attached hydrogen (secondary N) is 1. The summed E-state index contributed by atoms with van der Waals surface area (Å²) in [5, 5.41) is 2.94. The normalized spacial score (nSPS) is 18.7. The van der Waals surface area contributed by atoms with Crippen molar-refractivity contribution in [3.63, 3.8) is 0 Å². The van der Waals surface area contributed by atoms with E-state index < -0.39 is 6.04 Å². The molecule has 0 aromatic heterocycles. The van der Waals surface area contributed by atoms with E-state index >= 15 is 0 Å². The van der Waals surface area contributed by atoms with Crippen molar-refractivity contribution in [2.45, 2.75) is 45.6 Å². The standard InChI is InChI=1S/C24H36N4O3/c1-19(2)23(25-21(29)17-20-9-5-3-6-10-20)24(31)28-15-13-26(14-16-28)18-22(30)27-11-7-4-8-12-27/h3,5-6,9-10,19,23H,4,7-8,11-18H2,1-2H3,(H,25,29)/t23-/m0/s1. The summed E-state index contributed by atoms with van der Waals surface area (Å²) in [6, 6.07) is 9.03. The quantitative estimate of drug-likeness (QED) is 0.715. The molecule has 1 aromatic carbocycles. The van der Waals surface area contributed by atoms with E-state index in [0.29, 0.717) is 32.7 Å². The second kappa shape index (κ2) is 11.3. The van der Waals surface area contributed by atoms with E-state index in [1.807, 2.05) is 54.0 Å². The Morgan fingerprint density at radius 2 is 1.52 bits per heavy atom. The smallest absolute Gasteiger partial charge is 0.245 e. The van der Waals surface area contributed by atoms with Crippen LogP contribution in [0, 0.1) is 5.92 Å². The Labute approximate surface area is 185 Å². The SMILES string of the molecule is CC(C)[C@H](NC(=O)Cc1ccccc1)C(=O)N1CCN(CC(=O)N2CCCCC2)CC1. The summed E-state index contributed by atoms with van der Waals surface area (Å²) in [5.41, 5.74) is 0.932. The fourth-order valence-electron chi connectivity index (χ4n) is 4.28. The minimum atomic E-state index is -0.530. The zero-order valence-corrected chi connectivity index (χ0v) is 18.9. The van der Waals surface area contributed by atoms with Gasteiger partial charge in [-0.2, -0.15) is 0 Å². The van der Waals surface area contributed by atoms with Crippen LogP contribution in [0.15, 0.2) is 30.3 Å². The number of nitrogens with zero attached hydrogens (tertiary/aromatic N) is 3. The second-order valence-electron chi connectivity index (χ2n) is 8.99. The molecule has 0 aliphatic carbocycles. The number of hydrogen-bond acceptors (Lipinski definition) is 4. The number of benzene rings is 1. The molecule has 0 spiro atoms. The summed E-state index contributed by atoms with van der Waals surface area (Å²) in [4.78, 5) is 44.1. The third kappa shape index (κ3) is 6.79. The van der Waals surface area contributed by atoms with Gasteiger partial charge in [0.25, 0.3) is 0 Å². The van der Waals surface area contributed by atoms with E-state index in [1.54, 1.807) is 0 Å². The monoisotopic (exact) mass is 428 g/mol. The predicted molar refractivity (Wildman–Crippen MR) is 120 cm³/mol. The average molecular weight is 429 g/mol. The molecule has 2 aliphatic rings. The fraction of sp³-hybridized carbons (Fsp3) is 0.625. The number of carbonyl (C=O) groups is 3. The molecule has 2 heterocycles. The number of piperidine rings is 1. The predicted octanol–water partition coefficient (Wildman–Crippen LogP) is 1.53. The maximum Gasteiger partial charge on any atom is 0.245 e. The lowest BCUT2D eigenvalue weighted by atomic mass is 10.0. The molecular weight excluding hydrogens is 392 g/mol. The molecule has 31 heavy (non-hydrogen) atoms. The Morgan fingerprint density at radius 3 is 2.13 bits per heavy atom. The zero-order chi connectivity index (χ0) is 22.2. The molecule has 3 amide bonds. The highest BCUT2D eigenvalue weighted by Crippen LogP contribution is 2.13. The summed E-state index contributed by atoms with van der Waals surface area (Å²) in [7, 11) is 0. The van der Waals surface area contributed by atoms with Gasteiger partial charge in [-0.1, -0.05) is 44.2 Å². The highest BCUT2D eigenvalue weighted by molar-refractivity contribution is 5.88. The van der Waals surface area contributed by atoms with Crippen LogP contribution < -0.4 is 5.32 Å². The van der Waals surface area contributed by atoms with Gasteiger partial charge in [0.05, 0.1) is 13.0 Å². The largest absolute Gasteiger partial charge is 0.344 e. The molecule has 3 rings (SSSR count). The molecule has 0 saturated carbocycles. The van der Waals surface area contributed by atoms with Crippen molar-refractivity contribution in [3.05, 3.63) is 35.9 Å². The van der Waals surface area contributed by atoms with E-state index in [4.69, 9.17) is 0 Å². The van der Waals surface area contributed by atoms with Crippen molar-refractivity contribution in [1.82, 2.24) is 20.0 Å². The van der Waals surface area contributed by atoms with Gasteiger partial charge in [-0.25, -0.2) is 0 Å². The van der Waals surface area contributed by atoms with Gasteiger partial charge in [0.1, 0.15) is 6.04 Å². The van der Waals surface area contributed by atoms with E-state index in [9.17, 15) is 14.4 Å². The first-order chi connectivity index (χ1) is 14.9. The Bertz CT molecular complexity index is 738. The van der Waals surface area contributed by atoms with Crippen LogP contribution in [0.4, 0.5) is 0 Å². The van der Waals surface area contributed by atoms with Gasteiger partial charge in [0.15, 0.2) is 0 Å². The van der Waals surface area contributed by atoms with E-state index in [-0.39, 0.29) is 30.1 Å². The molecule has 2 saturated heterocycles. The number of carbonyl (C=O) groups excluding carboxylic acids is 3. The molecule has 0 bridgehead atoms. The molecular formula is C24H36N4O3. The Hall–Kier alpha value is -2.41. The van der Waals surface area contributed by atoms with Crippen LogP contribution in [0.5, 0.6) is 0 Å². The third-order valence-electron chi connectivity index (χ3n) is 6.21. The topological polar surface area (TPSA) is 73.0 Å². The van der Waals surface area contributed by atoms with E-state index in [1.165, 1.54) is 6.42 Å². The van der Waals surface area contributed by atoms with E-state index in [0.717, 1.165) is 31.5 Å². The fourth-order valence-corrected chi connectivity index (χ4v) is 4.28. The van der Waals surface area contributed by atoms with Gasteiger partial charge >= 0.3 is 0 Å². The third-order valence-corrected chi connectivity index (χ3v) is 6.21. The molecule has 1 atom stereocenters. The number of likely N-dealkylation sites (tertiary alicyclic amines) is 1. The molecule has 0 radical (unpaired) electrons. The molecule has 170 valence electrons. The summed E-state index contributed by atoms with van der Waals surface area (Å²) >= 11 is 0. The van der Waals surface area contributed by atoms with Crippen molar-refractivity contribution in [1.29, 1.82) is 0 Å². The molecule has 0 unspecified atom stereocenters. The van der Waals surface area contributed by atoms with Crippen LogP contribution >= 0.6 is 0 Å². The average Bonchev–Trinajstić information content (AvgIpc) is 2.78. The lowest BCUT2D eigenvalue weighted by Gasteiger charge is -2.38. The van der Waals surface area contributed by atoms with Crippen LogP contribution in [-0.2, 0) is 20.8 Å². The molecule has 7 nitrogen and oxygen atoms in total. The highest BCUT2D eigenvalue weighted by Gasteiger charge is 2.31. The summed E-state index contributed by atoms with van der Waals surface area (Å²) in [5.74, 6) is 0.0427. The Balaban J connectivity index is 1.47. The van der Waals surface area contributed by atoms with E-state index in [2.05, 4.69) is 10.2 Å². The molecule has 1 N–H and O–H groups in total. The first-order valence-corrected chi connectivity index (χ1v) is 11.6. The number of rotatable bonds is 7. The van der Waals surface area contributed by atoms with Gasteiger partial charge in [-0.3, -0.25) is 19.3 Å². The molecule has 2 aliphatic heterocycles. The van der Waals surface area contributed by atoms with Crippen molar-refractivity contribution in [3.8, 4) is 0 Å². The minimum absolute atomic E-state index is 0.00549. The number of piperazine rings is 1. The van der Waals surface area contributed by atoms with Crippen molar-refractivity contribution >= 4 is 17.7 Å². The van der Waals surface area contributed by atoms with Gasteiger partial charge in [-0.05, 0) is 30.7 Å². The summed E-state index contributed by atoms with van der Waals surface area (Å²) < 4.78 is 0. The van der Waals surface area contributed by atoms with Crippen LogP contribution in [-0.4, -0.2) is 84.3 Å². The van der Waals surface area contributed by atoms with Crippen LogP contribution in [0.2, 0.25) is 0 Å². The zero-order valence-electron chi connectivity index (χ0n) is 18.9. The lowest BCUT2D eigenvalue weighted by Crippen LogP contribution is -2.57. The van der Waals surface area contributed by atoms with Gasteiger partial charge in [-0.15, -0.1) is 0 Å². The summed E-state index contributed by atoms with van der Waals surface area (Å²) in [6.45, 7) is 8.64. The highest BCUT2D eigenvalue weighted by atomic mass is 16.2. The lowest BCUT2D eigenvalue weighted by molar-refractivity contribution is -0.140. The Kier molecular flexibility index (Phi) is 8.46. The van der Waals surface area contributed by atoms with Crippen molar-refractivity contribution < 1.29 is 14.4 Å². The second-order valence-corrected chi connectivity index (χ2v) is 8.99. The maximum atomic E-state index is 13.1. The summed E-state index contributed by atoms with van der Waals surface area (Å²) in [6.07, 6.45) is 3.68. The molecule has 1 aromatic rings. The van der Waals surface area contributed by atoms with Crippen LogP contribution in [0.3, 0.4) is 0 Å². The van der Waals surface area contributed by atoms with Crippen molar-refractivity contribution in [2.75, 3.05) is 45.8 Å². The molecule has 7 heteroatoms. The number of amides is 3. The van der Waals surface area contributed by atoms with Crippen LogP contribution in [0.1, 0.15) is 38.7 Å². The Morgan fingerprint density at radius 1 is 0.871 bits per heavy atom. The first-order valence-electron chi connectivity index (χ1n) is 11.6. The van der Waals surface area contributed by atoms with Crippen LogP contribution in [0.25, 0.3) is 0 Å². The maximum absolute atomic E-state index is 13.1. The number of hydrogen-bond donors (Lipinski definition) is 1. The molecule has 2 fully saturated rings. The first kappa shape index (κ1) is 23.3. The van der Waals surface area contributed by atoms with Gasteiger partial charge < -0.3 is 15.1 Å². The van der Waals surface area contributed by atoms with Gasteiger partial charge in [0.2, 0.25) is 17.7 Å². The van der Waals surface area contributed by atoms with Gasteiger partial charge in [0, 0.05) is 39.3 Å².